The number of hydrazine groups is 1. The Morgan fingerprint density at radius 2 is 2.31 bits per heavy atom. The molecule has 0 fully saturated rings. The summed E-state index contributed by atoms with van der Waals surface area (Å²) in [5.41, 5.74) is 3.96. The predicted molar refractivity (Wildman–Crippen MR) is 52.7 cm³/mol. The molecule has 0 bridgehead atoms. The molecule has 1 rings (SSSR count). The minimum atomic E-state index is 0.216. The van der Waals surface area contributed by atoms with Crippen LogP contribution in [-0.2, 0) is 7.05 Å². The van der Waals surface area contributed by atoms with Crippen molar-refractivity contribution < 1.29 is 0 Å². The van der Waals surface area contributed by atoms with Gasteiger partial charge in [0.2, 0.25) is 0 Å². The molecule has 0 aliphatic carbocycles. The summed E-state index contributed by atoms with van der Waals surface area (Å²) >= 11 is 0. The van der Waals surface area contributed by atoms with Crippen molar-refractivity contribution in [1.29, 1.82) is 0 Å². The number of aryl methyl sites for hydroxylation is 1. The highest BCUT2D eigenvalue weighted by atomic mass is 15.3. The zero-order valence-corrected chi connectivity index (χ0v) is 8.49. The zero-order valence-electron chi connectivity index (χ0n) is 8.49. The Kier molecular flexibility index (Phi) is 3.45. The quantitative estimate of drug-likeness (QED) is 0.539. The van der Waals surface area contributed by atoms with Gasteiger partial charge < -0.3 is 0 Å². The maximum absolute atomic E-state index is 5.48. The molecule has 0 aliphatic rings. The van der Waals surface area contributed by atoms with Gasteiger partial charge >= 0.3 is 0 Å². The van der Waals surface area contributed by atoms with E-state index in [1.54, 1.807) is 4.68 Å². The van der Waals surface area contributed by atoms with Gasteiger partial charge in [0.1, 0.15) is 0 Å². The number of hydrogen-bond donors (Lipinski definition) is 2. The van der Waals surface area contributed by atoms with Crippen molar-refractivity contribution in [2.45, 2.75) is 26.3 Å². The van der Waals surface area contributed by atoms with E-state index in [1.165, 1.54) is 0 Å². The van der Waals surface area contributed by atoms with Crippen molar-refractivity contribution in [1.82, 2.24) is 15.2 Å². The van der Waals surface area contributed by atoms with Crippen LogP contribution in [0.2, 0.25) is 0 Å². The Labute approximate surface area is 79.1 Å². The highest BCUT2D eigenvalue weighted by molar-refractivity contribution is 5.09. The number of nitrogens with two attached hydrogens (primary N) is 1. The first kappa shape index (κ1) is 10.2. The molecule has 1 atom stereocenters. The molecule has 3 N–H and O–H groups in total. The molecule has 4 heteroatoms. The summed E-state index contributed by atoms with van der Waals surface area (Å²) in [6.45, 7) is 4.36. The Bertz CT molecular complexity index is 254. The van der Waals surface area contributed by atoms with Gasteiger partial charge in [0.05, 0.1) is 6.20 Å². The molecule has 1 heterocycles. The van der Waals surface area contributed by atoms with Crippen molar-refractivity contribution in [3.05, 3.63) is 18.0 Å². The molecule has 0 aliphatic heterocycles. The van der Waals surface area contributed by atoms with Gasteiger partial charge in [-0.1, -0.05) is 13.8 Å². The van der Waals surface area contributed by atoms with E-state index in [2.05, 4.69) is 24.4 Å². The largest absolute Gasteiger partial charge is 0.275 e. The van der Waals surface area contributed by atoms with E-state index in [4.69, 9.17) is 5.84 Å². The molecule has 0 spiro atoms. The van der Waals surface area contributed by atoms with Gasteiger partial charge in [-0.15, -0.1) is 0 Å². The summed E-state index contributed by atoms with van der Waals surface area (Å²) in [6, 6.07) is 0.216. The van der Waals surface area contributed by atoms with Crippen LogP contribution in [0.1, 0.15) is 31.9 Å². The van der Waals surface area contributed by atoms with Gasteiger partial charge in [0.15, 0.2) is 0 Å². The molecule has 1 aromatic rings. The Hall–Kier alpha value is -0.870. The molecule has 13 heavy (non-hydrogen) atoms. The van der Waals surface area contributed by atoms with E-state index >= 15 is 0 Å². The fraction of sp³-hybridized carbons (Fsp3) is 0.667. The highest BCUT2D eigenvalue weighted by Crippen LogP contribution is 2.19. The summed E-state index contributed by atoms with van der Waals surface area (Å²) in [6.07, 6.45) is 4.88. The maximum atomic E-state index is 5.48. The molecule has 1 aromatic heterocycles. The van der Waals surface area contributed by atoms with Gasteiger partial charge in [0.25, 0.3) is 0 Å². The van der Waals surface area contributed by atoms with E-state index in [9.17, 15) is 0 Å². The van der Waals surface area contributed by atoms with Crippen molar-refractivity contribution in [3.8, 4) is 0 Å². The zero-order chi connectivity index (χ0) is 9.84. The first-order valence-electron chi connectivity index (χ1n) is 4.58. The average molecular weight is 182 g/mol. The minimum absolute atomic E-state index is 0.216. The summed E-state index contributed by atoms with van der Waals surface area (Å²) in [7, 11) is 1.91. The Balaban J connectivity index is 2.66. The normalized spacial score (nSPS) is 13.6. The fourth-order valence-corrected chi connectivity index (χ4v) is 1.39. The molecule has 0 saturated heterocycles. The van der Waals surface area contributed by atoms with E-state index < -0.39 is 0 Å². The van der Waals surface area contributed by atoms with E-state index in [0.29, 0.717) is 5.92 Å². The Morgan fingerprint density at radius 3 is 2.69 bits per heavy atom. The molecule has 0 aromatic carbocycles. The summed E-state index contributed by atoms with van der Waals surface area (Å²) < 4.78 is 1.79. The molecule has 0 radical (unpaired) electrons. The van der Waals surface area contributed by atoms with Crippen LogP contribution < -0.4 is 11.3 Å². The molecule has 74 valence electrons. The molecular formula is C9H18N4. The smallest absolute Gasteiger partial charge is 0.0538 e. The molecule has 4 nitrogen and oxygen atoms in total. The lowest BCUT2D eigenvalue weighted by atomic mass is 10.0. The van der Waals surface area contributed by atoms with E-state index in [0.717, 1.165) is 12.0 Å². The molecule has 0 amide bonds. The highest BCUT2D eigenvalue weighted by Gasteiger charge is 2.12. The number of hydrogen-bond acceptors (Lipinski definition) is 3. The van der Waals surface area contributed by atoms with E-state index in [-0.39, 0.29) is 6.04 Å². The second-order valence-corrected chi connectivity index (χ2v) is 3.80. The van der Waals surface area contributed by atoms with Crippen LogP contribution in [0.15, 0.2) is 12.4 Å². The predicted octanol–water partition coefficient (Wildman–Crippen LogP) is 0.971. The summed E-state index contributed by atoms with van der Waals surface area (Å²) in [5, 5.41) is 4.11. The monoisotopic (exact) mass is 182 g/mol. The van der Waals surface area contributed by atoms with Crippen LogP contribution in [-0.4, -0.2) is 9.78 Å². The minimum Gasteiger partial charge on any atom is -0.275 e. The van der Waals surface area contributed by atoms with Crippen LogP contribution in [0.4, 0.5) is 0 Å². The number of rotatable bonds is 4. The summed E-state index contributed by atoms with van der Waals surface area (Å²) in [4.78, 5) is 0. The maximum Gasteiger partial charge on any atom is 0.0538 e. The average Bonchev–Trinajstić information content (AvgIpc) is 2.47. The second kappa shape index (κ2) is 4.39. The first-order chi connectivity index (χ1) is 6.13. The van der Waals surface area contributed by atoms with Crippen LogP contribution >= 0.6 is 0 Å². The van der Waals surface area contributed by atoms with E-state index in [1.807, 2.05) is 19.4 Å². The Morgan fingerprint density at radius 1 is 1.62 bits per heavy atom. The second-order valence-electron chi connectivity index (χ2n) is 3.80. The third-order valence-electron chi connectivity index (χ3n) is 2.04. The van der Waals surface area contributed by atoms with Crippen LogP contribution in [0.25, 0.3) is 0 Å². The van der Waals surface area contributed by atoms with Gasteiger partial charge in [-0.2, -0.15) is 5.10 Å². The number of nitrogens with one attached hydrogen (secondary N) is 1. The fourth-order valence-electron chi connectivity index (χ4n) is 1.39. The van der Waals surface area contributed by atoms with Crippen LogP contribution in [0.5, 0.6) is 0 Å². The van der Waals surface area contributed by atoms with Gasteiger partial charge in [-0.3, -0.25) is 16.0 Å². The van der Waals surface area contributed by atoms with Gasteiger partial charge in [0, 0.05) is 24.8 Å². The van der Waals surface area contributed by atoms with Crippen molar-refractivity contribution in [2.24, 2.45) is 18.8 Å². The number of nitrogens with zero attached hydrogens (tertiary/aromatic N) is 2. The van der Waals surface area contributed by atoms with Gasteiger partial charge in [-0.25, -0.2) is 0 Å². The van der Waals surface area contributed by atoms with Crippen LogP contribution in [0, 0.1) is 5.92 Å². The van der Waals surface area contributed by atoms with Crippen LogP contribution in [0.3, 0.4) is 0 Å². The lowest BCUT2D eigenvalue weighted by molar-refractivity contribution is 0.438. The lowest BCUT2D eigenvalue weighted by Gasteiger charge is -2.15. The number of aromatic nitrogens is 2. The lowest BCUT2D eigenvalue weighted by Crippen LogP contribution is -2.28. The molecule has 0 saturated carbocycles. The first-order valence-corrected chi connectivity index (χ1v) is 4.58. The molecular weight excluding hydrogens is 164 g/mol. The third-order valence-corrected chi connectivity index (χ3v) is 2.04. The van der Waals surface area contributed by atoms with Gasteiger partial charge in [-0.05, 0) is 12.3 Å². The molecule has 1 unspecified atom stereocenters. The van der Waals surface area contributed by atoms with Crippen molar-refractivity contribution in [3.63, 3.8) is 0 Å². The summed E-state index contributed by atoms with van der Waals surface area (Å²) in [5.74, 6) is 6.10. The standard InChI is InChI=1S/C9H18N4/c1-7(2)4-9(12-10)8-5-11-13(3)6-8/h5-7,9,12H,4,10H2,1-3H3. The third kappa shape index (κ3) is 2.82. The SMILES string of the molecule is CC(C)CC(NN)c1cnn(C)c1. The van der Waals surface area contributed by atoms with Crippen molar-refractivity contribution >= 4 is 0 Å². The van der Waals surface area contributed by atoms with Crippen molar-refractivity contribution in [2.75, 3.05) is 0 Å². The topological polar surface area (TPSA) is 55.9 Å².